The maximum Gasteiger partial charge on any atom is 0.328 e. The van der Waals surface area contributed by atoms with Crippen molar-refractivity contribution in [2.45, 2.75) is 0 Å². The smallest absolute Gasteiger partial charge is 0.328 e. The minimum Gasteiger partial charge on any atom is -0.478 e. The molecule has 1 N–H and O–H groups in total. The number of rotatable bonds is 3. The van der Waals surface area contributed by atoms with Crippen molar-refractivity contribution in [3.63, 3.8) is 0 Å². The van der Waals surface area contributed by atoms with Crippen molar-refractivity contribution in [1.29, 1.82) is 0 Å². The van der Waals surface area contributed by atoms with Gasteiger partial charge in [-0.3, -0.25) is 0 Å². The molecule has 0 aliphatic rings. The molecule has 0 radical (unpaired) electrons. The number of carbonyl (C=O) groups is 1. The molecular formula is C13H11NO2. The van der Waals surface area contributed by atoms with E-state index in [4.69, 9.17) is 5.11 Å². The first kappa shape index (κ1) is 10.2. The minimum absolute atomic E-state index is 0.873. The van der Waals surface area contributed by atoms with Crippen LogP contribution in [0.5, 0.6) is 0 Å². The second-order valence-corrected chi connectivity index (χ2v) is 3.35. The first-order valence-corrected chi connectivity index (χ1v) is 4.90. The highest BCUT2D eigenvalue weighted by molar-refractivity contribution is 5.85. The number of benzene rings is 1. The maximum absolute atomic E-state index is 10.3. The lowest BCUT2D eigenvalue weighted by molar-refractivity contribution is -0.131. The Hall–Kier alpha value is -2.29. The molecule has 0 fully saturated rings. The van der Waals surface area contributed by atoms with E-state index in [2.05, 4.69) is 0 Å². The first-order chi connectivity index (χ1) is 7.75. The molecule has 0 saturated heterocycles. The Bertz CT molecular complexity index is 495. The summed E-state index contributed by atoms with van der Waals surface area (Å²) in [6.45, 7) is 0. The van der Waals surface area contributed by atoms with Crippen molar-refractivity contribution < 1.29 is 9.90 Å². The zero-order valence-corrected chi connectivity index (χ0v) is 8.58. The molecule has 3 nitrogen and oxygen atoms in total. The van der Waals surface area contributed by atoms with Crippen LogP contribution in [-0.2, 0) is 4.79 Å². The fraction of sp³-hybridized carbons (Fsp3) is 0. The third-order valence-electron chi connectivity index (χ3n) is 2.21. The fourth-order valence-electron chi connectivity index (χ4n) is 1.43. The molecule has 16 heavy (non-hydrogen) atoms. The molecule has 1 aromatic carbocycles. The molecule has 0 spiro atoms. The van der Waals surface area contributed by atoms with Crippen molar-refractivity contribution in [2.75, 3.05) is 0 Å². The first-order valence-electron chi connectivity index (χ1n) is 4.90. The number of carboxylic acids is 1. The van der Waals surface area contributed by atoms with Crippen LogP contribution >= 0.6 is 0 Å². The average Bonchev–Trinajstić information content (AvgIpc) is 2.80. The Morgan fingerprint density at radius 1 is 1.12 bits per heavy atom. The van der Waals surface area contributed by atoms with Crippen LogP contribution in [0, 0.1) is 0 Å². The number of hydrogen-bond donors (Lipinski definition) is 1. The summed E-state index contributed by atoms with van der Waals surface area (Å²) in [5.41, 5.74) is 1.93. The van der Waals surface area contributed by atoms with Gasteiger partial charge in [-0.05, 0) is 35.9 Å². The van der Waals surface area contributed by atoms with Gasteiger partial charge >= 0.3 is 5.97 Å². The molecule has 0 atom stereocenters. The summed E-state index contributed by atoms with van der Waals surface area (Å²) in [6, 6.07) is 11.6. The molecular weight excluding hydrogens is 202 g/mol. The number of nitrogens with zero attached hydrogens (tertiary/aromatic N) is 1. The van der Waals surface area contributed by atoms with E-state index in [1.807, 2.05) is 53.4 Å². The Morgan fingerprint density at radius 3 is 2.31 bits per heavy atom. The van der Waals surface area contributed by atoms with Crippen LogP contribution in [0.2, 0.25) is 0 Å². The molecule has 0 aliphatic heterocycles. The summed E-state index contributed by atoms with van der Waals surface area (Å²) >= 11 is 0. The lowest BCUT2D eigenvalue weighted by atomic mass is 10.2. The van der Waals surface area contributed by atoms with Crippen molar-refractivity contribution >= 4 is 12.0 Å². The van der Waals surface area contributed by atoms with Gasteiger partial charge in [-0.2, -0.15) is 0 Å². The van der Waals surface area contributed by atoms with Crippen molar-refractivity contribution in [1.82, 2.24) is 4.57 Å². The summed E-state index contributed by atoms with van der Waals surface area (Å²) in [4.78, 5) is 10.3. The molecule has 1 heterocycles. The van der Waals surface area contributed by atoms with E-state index in [1.165, 1.54) is 0 Å². The quantitative estimate of drug-likeness (QED) is 0.796. The standard InChI is InChI=1S/C13H11NO2/c15-13(16)8-5-11-3-6-12(7-4-11)14-9-1-2-10-14/h1-10H,(H,15,16)/b8-5+. The molecule has 80 valence electrons. The summed E-state index contributed by atoms with van der Waals surface area (Å²) in [7, 11) is 0. The van der Waals surface area contributed by atoms with Crippen molar-refractivity contribution in [3.05, 3.63) is 60.4 Å². The van der Waals surface area contributed by atoms with Gasteiger partial charge in [-0.25, -0.2) is 4.79 Å². The van der Waals surface area contributed by atoms with Crippen LogP contribution in [0.3, 0.4) is 0 Å². The van der Waals surface area contributed by atoms with Gasteiger partial charge in [-0.15, -0.1) is 0 Å². The van der Waals surface area contributed by atoms with Crippen LogP contribution in [0.4, 0.5) is 0 Å². The lowest BCUT2D eigenvalue weighted by Crippen LogP contribution is -1.89. The van der Waals surface area contributed by atoms with Gasteiger partial charge in [0, 0.05) is 24.2 Å². The number of aromatic nitrogens is 1. The second kappa shape index (κ2) is 4.49. The van der Waals surface area contributed by atoms with Crippen LogP contribution in [-0.4, -0.2) is 15.6 Å². The number of hydrogen-bond acceptors (Lipinski definition) is 1. The van der Waals surface area contributed by atoms with E-state index in [1.54, 1.807) is 6.08 Å². The third-order valence-corrected chi connectivity index (χ3v) is 2.21. The highest BCUT2D eigenvalue weighted by atomic mass is 16.4. The molecule has 0 saturated carbocycles. The molecule has 0 amide bonds. The van der Waals surface area contributed by atoms with Gasteiger partial charge in [0.2, 0.25) is 0 Å². The van der Waals surface area contributed by atoms with E-state index in [-0.39, 0.29) is 0 Å². The monoisotopic (exact) mass is 213 g/mol. The number of carboxylic acid groups (broad SMARTS) is 1. The molecule has 2 rings (SSSR count). The number of aliphatic carboxylic acids is 1. The summed E-state index contributed by atoms with van der Waals surface area (Å²) in [5.74, 6) is -0.936. The Balaban J connectivity index is 2.20. The van der Waals surface area contributed by atoms with Crippen LogP contribution in [0.25, 0.3) is 11.8 Å². The minimum atomic E-state index is -0.936. The Kier molecular flexibility index (Phi) is 2.87. The molecule has 0 bridgehead atoms. The van der Waals surface area contributed by atoms with Crippen LogP contribution in [0.1, 0.15) is 5.56 Å². The Labute approximate surface area is 93.3 Å². The van der Waals surface area contributed by atoms with E-state index >= 15 is 0 Å². The van der Waals surface area contributed by atoms with E-state index in [0.717, 1.165) is 17.3 Å². The van der Waals surface area contributed by atoms with Crippen LogP contribution < -0.4 is 0 Å². The fourth-order valence-corrected chi connectivity index (χ4v) is 1.43. The van der Waals surface area contributed by atoms with Gasteiger partial charge in [-0.1, -0.05) is 12.1 Å². The van der Waals surface area contributed by atoms with Gasteiger partial charge in [0.15, 0.2) is 0 Å². The molecule has 1 aromatic heterocycles. The average molecular weight is 213 g/mol. The predicted octanol–water partition coefficient (Wildman–Crippen LogP) is 2.58. The topological polar surface area (TPSA) is 42.2 Å². The van der Waals surface area contributed by atoms with Crippen molar-refractivity contribution in [2.24, 2.45) is 0 Å². The largest absolute Gasteiger partial charge is 0.478 e. The molecule has 2 aromatic rings. The third kappa shape index (κ3) is 2.39. The van der Waals surface area contributed by atoms with Gasteiger partial charge in [0.25, 0.3) is 0 Å². The SMILES string of the molecule is O=C(O)/C=C/c1ccc(-n2cccc2)cc1. The maximum atomic E-state index is 10.3. The zero-order valence-electron chi connectivity index (χ0n) is 8.58. The Morgan fingerprint density at radius 2 is 1.75 bits per heavy atom. The summed E-state index contributed by atoms with van der Waals surface area (Å²) in [6.07, 6.45) is 6.62. The van der Waals surface area contributed by atoms with E-state index in [9.17, 15) is 4.79 Å². The highest BCUT2D eigenvalue weighted by Crippen LogP contribution is 2.10. The van der Waals surface area contributed by atoms with Gasteiger partial charge < -0.3 is 9.67 Å². The summed E-state index contributed by atoms with van der Waals surface area (Å²) < 4.78 is 1.99. The van der Waals surface area contributed by atoms with Gasteiger partial charge in [0.05, 0.1) is 0 Å². The molecule has 0 aliphatic carbocycles. The zero-order chi connectivity index (χ0) is 11.4. The molecule has 0 unspecified atom stereocenters. The summed E-state index contributed by atoms with van der Waals surface area (Å²) in [5, 5.41) is 8.49. The normalized spacial score (nSPS) is 10.8. The lowest BCUT2D eigenvalue weighted by Gasteiger charge is -2.02. The van der Waals surface area contributed by atoms with E-state index < -0.39 is 5.97 Å². The van der Waals surface area contributed by atoms with E-state index in [0.29, 0.717) is 0 Å². The second-order valence-electron chi connectivity index (χ2n) is 3.35. The predicted molar refractivity (Wildman–Crippen MR) is 62.4 cm³/mol. The van der Waals surface area contributed by atoms with Crippen molar-refractivity contribution in [3.8, 4) is 5.69 Å². The molecule has 3 heteroatoms. The van der Waals surface area contributed by atoms with Crippen LogP contribution in [0.15, 0.2) is 54.9 Å². The van der Waals surface area contributed by atoms with Gasteiger partial charge in [0.1, 0.15) is 0 Å². The highest BCUT2D eigenvalue weighted by Gasteiger charge is 1.94.